The van der Waals surface area contributed by atoms with E-state index < -0.39 is 11.4 Å². The maximum absolute atomic E-state index is 11.3. The number of pyridine rings is 1. The van der Waals surface area contributed by atoms with Crippen LogP contribution in [0.1, 0.15) is 25.3 Å². The summed E-state index contributed by atoms with van der Waals surface area (Å²) in [5.74, 6) is -0.715. The fourth-order valence-electron chi connectivity index (χ4n) is 2.43. The second kappa shape index (κ2) is 5.24. The number of aromatic nitrogens is 1. The van der Waals surface area contributed by atoms with E-state index in [0.29, 0.717) is 18.1 Å². The second-order valence-corrected chi connectivity index (χ2v) is 5.55. The lowest BCUT2D eigenvalue weighted by atomic mass is 9.82. The SMILES string of the molecule is CC1(C(=O)O)CCCN(Cc2ccncc2Cl)C1. The summed E-state index contributed by atoms with van der Waals surface area (Å²) in [7, 11) is 0. The van der Waals surface area contributed by atoms with Gasteiger partial charge in [-0.3, -0.25) is 14.7 Å². The van der Waals surface area contributed by atoms with Gasteiger partial charge in [0.25, 0.3) is 0 Å². The summed E-state index contributed by atoms with van der Waals surface area (Å²) >= 11 is 6.07. The summed E-state index contributed by atoms with van der Waals surface area (Å²) in [6.45, 7) is 3.99. The fraction of sp³-hybridized carbons (Fsp3) is 0.538. The Labute approximate surface area is 112 Å². The van der Waals surface area contributed by atoms with Gasteiger partial charge in [0.2, 0.25) is 0 Å². The van der Waals surface area contributed by atoms with Crippen molar-refractivity contribution in [3.05, 3.63) is 29.0 Å². The molecular formula is C13H17ClN2O2. The number of rotatable bonds is 3. The van der Waals surface area contributed by atoms with Crippen LogP contribution in [0.3, 0.4) is 0 Å². The zero-order valence-corrected chi connectivity index (χ0v) is 11.2. The minimum atomic E-state index is -0.715. The molecule has 1 N–H and O–H groups in total. The van der Waals surface area contributed by atoms with E-state index in [1.807, 2.05) is 13.0 Å². The van der Waals surface area contributed by atoms with Crippen LogP contribution in [0.5, 0.6) is 0 Å². The first-order chi connectivity index (χ1) is 8.51. The van der Waals surface area contributed by atoms with Crippen molar-refractivity contribution in [3.8, 4) is 0 Å². The highest BCUT2D eigenvalue weighted by molar-refractivity contribution is 6.31. The predicted octanol–water partition coefficient (Wildman–Crippen LogP) is 2.42. The topological polar surface area (TPSA) is 53.4 Å². The van der Waals surface area contributed by atoms with Crippen molar-refractivity contribution >= 4 is 17.6 Å². The average Bonchev–Trinajstić information content (AvgIpc) is 2.32. The molecule has 0 aliphatic carbocycles. The van der Waals surface area contributed by atoms with E-state index >= 15 is 0 Å². The quantitative estimate of drug-likeness (QED) is 0.915. The number of carboxylic acids is 1. The van der Waals surface area contributed by atoms with E-state index in [4.69, 9.17) is 11.6 Å². The molecule has 1 aliphatic heterocycles. The highest BCUT2D eigenvalue weighted by Crippen LogP contribution is 2.31. The Balaban J connectivity index is 2.07. The number of nitrogens with zero attached hydrogens (tertiary/aromatic N) is 2. The van der Waals surface area contributed by atoms with Crippen LogP contribution < -0.4 is 0 Å². The van der Waals surface area contributed by atoms with Gasteiger partial charge in [0, 0.05) is 25.5 Å². The number of halogens is 1. The van der Waals surface area contributed by atoms with Crippen molar-refractivity contribution in [2.24, 2.45) is 5.41 Å². The monoisotopic (exact) mass is 268 g/mol. The number of piperidine rings is 1. The first kappa shape index (κ1) is 13.3. The number of carbonyl (C=O) groups is 1. The molecule has 4 nitrogen and oxygen atoms in total. The summed E-state index contributed by atoms with van der Waals surface area (Å²) < 4.78 is 0. The normalized spacial score (nSPS) is 25.0. The fourth-order valence-corrected chi connectivity index (χ4v) is 2.61. The third kappa shape index (κ3) is 2.82. The molecule has 5 heteroatoms. The van der Waals surface area contributed by atoms with E-state index in [1.165, 1.54) is 0 Å². The van der Waals surface area contributed by atoms with Gasteiger partial charge in [0.15, 0.2) is 0 Å². The highest BCUT2D eigenvalue weighted by atomic mass is 35.5. The Morgan fingerprint density at radius 3 is 3.11 bits per heavy atom. The Kier molecular flexibility index (Phi) is 3.88. The van der Waals surface area contributed by atoms with Crippen molar-refractivity contribution < 1.29 is 9.90 Å². The van der Waals surface area contributed by atoms with Gasteiger partial charge in [-0.25, -0.2) is 0 Å². The van der Waals surface area contributed by atoms with Crippen molar-refractivity contribution in [3.63, 3.8) is 0 Å². The second-order valence-electron chi connectivity index (χ2n) is 5.15. The Morgan fingerprint density at radius 1 is 1.67 bits per heavy atom. The van der Waals surface area contributed by atoms with Crippen LogP contribution >= 0.6 is 11.6 Å². The third-order valence-corrected chi connectivity index (χ3v) is 3.88. The minimum absolute atomic E-state index is 0.570. The number of likely N-dealkylation sites (tertiary alicyclic amines) is 1. The molecule has 1 aliphatic rings. The van der Waals surface area contributed by atoms with Gasteiger partial charge in [-0.1, -0.05) is 11.6 Å². The van der Waals surface area contributed by atoms with Gasteiger partial charge in [-0.05, 0) is 37.9 Å². The van der Waals surface area contributed by atoms with E-state index in [-0.39, 0.29) is 0 Å². The van der Waals surface area contributed by atoms with Crippen LogP contribution in [0.15, 0.2) is 18.5 Å². The Morgan fingerprint density at radius 2 is 2.44 bits per heavy atom. The van der Waals surface area contributed by atoms with Gasteiger partial charge in [-0.15, -0.1) is 0 Å². The lowest BCUT2D eigenvalue weighted by molar-refractivity contribution is -0.151. The van der Waals surface area contributed by atoms with Gasteiger partial charge in [0.1, 0.15) is 0 Å². The minimum Gasteiger partial charge on any atom is -0.481 e. The molecule has 0 spiro atoms. The molecule has 0 aromatic carbocycles. The molecule has 1 fully saturated rings. The molecular weight excluding hydrogens is 252 g/mol. The average molecular weight is 269 g/mol. The molecule has 1 aromatic rings. The molecule has 0 radical (unpaired) electrons. The van der Waals surface area contributed by atoms with Gasteiger partial charge >= 0.3 is 5.97 Å². The number of hydrogen-bond acceptors (Lipinski definition) is 3. The molecule has 18 heavy (non-hydrogen) atoms. The summed E-state index contributed by atoms with van der Waals surface area (Å²) in [6, 6.07) is 1.88. The molecule has 1 unspecified atom stereocenters. The molecule has 1 aromatic heterocycles. The van der Waals surface area contributed by atoms with E-state index in [1.54, 1.807) is 12.4 Å². The van der Waals surface area contributed by atoms with Crippen LogP contribution in [0.2, 0.25) is 5.02 Å². The van der Waals surface area contributed by atoms with Crippen LogP contribution in [-0.4, -0.2) is 34.0 Å². The molecule has 2 rings (SSSR count). The summed E-state index contributed by atoms with van der Waals surface area (Å²) in [6.07, 6.45) is 4.98. The smallest absolute Gasteiger partial charge is 0.310 e. The maximum Gasteiger partial charge on any atom is 0.310 e. The number of hydrogen-bond donors (Lipinski definition) is 1. The molecule has 0 bridgehead atoms. The highest BCUT2D eigenvalue weighted by Gasteiger charge is 2.37. The lowest BCUT2D eigenvalue weighted by Crippen LogP contribution is -2.45. The van der Waals surface area contributed by atoms with Crippen LogP contribution in [0, 0.1) is 5.41 Å². The molecule has 0 saturated carbocycles. The van der Waals surface area contributed by atoms with Crippen molar-refractivity contribution in [2.75, 3.05) is 13.1 Å². The maximum atomic E-state index is 11.3. The van der Waals surface area contributed by atoms with Crippen molar-refractivity contribution in [1.82, 2.24) is 9.88 Å². The largest absolute Gasteiger partial charge is 0.481 e. The summed E-state index contributed by atoms with van der Waals surface area (Å²) in [5.41, 5.74) is 0.360. The van der Waals surface area contributed by atoms with E-state index in [0.717, 1.165) is 24.9 Å². The molecule has 1 saturated heterocycles. The molecule has 2 heterocycles. The van der Waals surface area contributed by atoms with Crippen LogP contribution in [0.25, 0.3) is 0 Å². The van der Waals surface area contributed by atoms with Gasteiger partial charge in [0.05, 0.1) is 10.4 Å². The van der Waals surface area contributed by atoms with Gasteiger partial charge in [-0.2, -0.15) is 0 Å². The van der Waals surface area contributed by atoms with E-state index in [9.17, 15) is 9.90 Å². The lowest BCUT2D eigenvalue weighted by Gasteiger charge is -2.37. The molecule has 98 valence electrons. The predicted molar refractivity (Wildman–Crippen MR) is 69.5 cm³/mol. The van der Waals surface area contributed by atoms with Crippen molar-refractivity contribution in [1.29, 1.82) is 0 Å². The number of aliphatic carboxylic acids is 1. The van der Waals surface area contributed by atoms with Crippen molar-refractivity contribution in [2.45, 2.75) is 26.3 Å². The molecule has 0 amide bonds. The zero-order valence-electron chi connectivity index (χ0n) is 10.4. The van der Waals surface area contributed by atoms with Crippen LogP contribution in [0.4, 0.5) is 0 Å². The Bertz CT molecular complexity index is 452. The first-order valence-corrected chi connectivity index (χ1v) is 6.43. The first-order valence-electron chi connectivity index (χ1n) is 6.05. The Hall–Kier alpha value is -1.13. The molecule has 1 atom stereocenters. The summed E-state index contributed by atoms with van der Waals surface area (Å²) in [5, 5.41) is 9.91. The summed E-state index contributed by atoms with van der Waals surface area (Å²) in [4.78, 5) is 17.4. The number of carboxylic acid groups (broad SMARTS) is 1. The van der Waals surface area contributed by atoms with Gasteiger partial charge < -0.3 is 5.11 Å². The third-order valence-electron chi connectivity index (χ3n) is 3.54. The zero-order chi connectivity index (χ0) is 13.2. The van der Waals surface area contributed by atoms with E-state index in [2.05, 4.69) is 9.88 Å². The standard InChI is InChI=1S/C13H17ClN2O2/c1-13(12(17)18)4-2-6-16(9-13)8-10-3-5-15-7-11(10)14/h3,5,7H,2,4,6,8-9H2,1H3,(H,17,18). The van der Waals surface area contributed by atoms with Crippen LogP contribution in [-0.2, 0) is 11.3 Å².